The van der Waals surface area contributed by atoms with Crippen LogP contribution in [0.25, 0.3) is 0 Å². The van der Waals surface area contributed by atoms with Crippen LogP contribution in [0.15, 0.2) is 53.4 Å². The number of fused-ring (bicyclic) bond motifs is 1. The van der Waals surface area contributed by atoms with Crippen molar-refractivity contribution in [3.05, 3.63) is 59.7 Å². The van der Waals surface area contributed by atoms with Gasteiger partial charge in [0.25, 0.3) is 5.91 Å². The quantitative estimate of drug-likeness (QED) is 0.815. The lowest BCUT2D eigenvalue weighted by molar-refractivity contribution is -0.0328. The Hall–Kier alpha value is -2.15. The van der Waals surface area contributed by atoms with Crippen molar-refractivity contribution in [2.75, 3.05) is 5.32 Å². The predicted molar refractivity (Wildman–Crippen MR) is 78.6 cm³/mol. The molecule has 1 atom stereocenters. The maximum Gasteiger partial charge on any atom is 0.446 e. The Bertz CT molecular complexity index is 701. The number of anilines is 1. The summed E-state index contributed by atoms with van der Waals surface area (Å²) in [4.78, 5) is 12.1. The lowest BCUT2D eigenvalue weighted by atomic mass is 10.1. The van der Waals surface area contributed by atoms with E-state index in [1.165, 1.54) is 12.1 Å². The zero-order chi connectivity index (χ0) is 15.7. The van der Waals surface area contributed by atoms with E-state index in [-0.39, 0.29) is 22.6 Å². The molecule has 0 unspecified atom stereocenters. The number of hydrogen-bond donors (Lipinski definition) is 2. The van der Waals surface area contributed by atoms with E-state index in [2.05, 4.69) is 10.6 Å². The predicted octanol–water partition coefficient (Wildman–Crippen LogP) is 4.15. The minimum Gasteiger partial charge on any atom is -0.361 e. The maximum absolute atomic E-state index is 12.3. The highest BCUT2D eigenvalue weighted by molar-refractivity contribution is 8.00. The first-order chi connectivity index (χ1) is 10.4. The standard InChI is InChI=1S/C15H11F3N2OS/c16-15(17,18)22-10-7-5-9(6-8-10)13-19-12-4-2-1-3-11(12)14(21)20-13/h1-8,13,19H,(H,20,21)/t13-/m0/s1. The fraction of sp³-hybridized carbons (Fsp3) is 0.133. The number of alkyl halides is 3. The zero-order valence-corrected chi connectivity index (χ0v) is 12.0. The Balaban J connectivity index is 1.80. The molecule has 0 saturated carbocycles. The third-order valence-electron chi connectivity index (χ3n) is 3.19. The Kier molecular flexibility index (Phi) is 3.74. The van der Waals surface area contributed by atoms with Gasteiger partial charge in [0, 0.05) is 10.6 Å². The van der Waals surface area contributed by atoms with Crippen LogP contribution in [0, 0.1) is 0 Å². The zero-order valence-electron chi connectivity index (χ0n) is 11.1. The van der Waals surface area contributed by atoms with Gasteiger partial charge in [0.15, 0.2) is 0 Å². The van der Waals surface area contributed by atoms with Crippen LogP contribution < -0.4 is 10.6 Å². The van der Waals surface area contributed by atoms with E-state index in [0.29, 0.717) is 16.8 Å². The van der Waals surface area contributed by atoms with Gasteiger partial charge in [-0.1, -0.05) is 24.3 Å². The summed E-state index contributed by atoms with van der Waals surface area (Å²) >= 11 is -0.163. The molecule has 0 bridgehead atoms. The van der Waals surface area contributed by atoms with Crippen molar-refractivity contribution >= 4 is 23.4 Å². The van der Waals surface area contributed by atoms with E-state index in [1.807, 2.05) is 6.07 Å². The molecule has 0 radical (unpaired) electrons. The molecule has 3 rings (SSSR count). The van der Waals surface area contributed by atoms with Crippen LogP contribution in [-0.4, -0.2) is 11.4 Å². The van der Waals surface area contributed by atoms with Crippen molar-refractivity contribution in [2.24, 2.45) is 0 Å². The average Bonchev–Trinajstić information content (AvgIpc) is 2.46. The minimum absolute atomic E-state index is 0.110. The largest absolute Gasteiger partial charge is 0.446 e. The van der Waals surface area contributed by atoms with Gasteiger partial charge >= 0.3 is 5.51 Å². The number of thioether (sulfide) groups is 1. The van der Waals surface area contributed by atoms with Crippen LogP contribution in [0.1, 0.15) is 22.1 Å². The maximum atomic E-state index is 12.3. The second-order valence-electron chi connectivity index (χ2n) is 4.71. The average molecular weight is 324 g/mol. The van der Waals surface area contributed by atoms with E-state index in [4.69, 9.17) is 0 Å². The molecular formula is C15H11F3N2OS. The number of amides is 1. The summed E-state index contributed by atoms with van der Waals surface area (Å²) in [6.45, 7) is 0. The molecule has 1 amide bonds. The van der Waals surface area contributed by atoms with Crippen molar-refractivity contribution in [2.45, 2.75) is 16.6 Å². The van der Waals surface area contributed by atoms with Gasteiger partial charge < -0.3 is 10.6 Å². The number of rotatable bonds is 2. The van der Waals surface area contributed by atoms with Crippen LogP contribution in [-0.2, 0) is 0 Å². The fourth-order valence-electron chi connectivity index (χ4n) is 2.24. The smallest absolute Gasteiger partial charge is 0.361 e. The summed E-state index contributed by atoms with van der Waals surface area (Å²) in [6, 6.07) is 13.0. The normalized spacial score (nSPS) is 17.4. The number of hydrogen-bond acceptors (Lipinski definition) is 3. The molecule has 2 N–H and O–H groups in total. The molecule has 0 aliphatic carbocycles. The van der Waals surface area contributed by atoms with Crippen molar-refractivity contribution in [3.63, 3.8) is 0 Å². The second-order valence-corrected chi connectivity index (χ2v) is 5.85. The molecule has 0 spiro atoms. The Morgan fingerprint density at radius 3 is 2.32 bits per heavy atom. The Labute approximate surface area is 128 Å². The topological polar surface area (TPSA) is 41.1 Å². The molecule has 7 heteroatoms. The lowest BCUT2D eigenvalue weighted by Crippen LogP contribution is -2.38. The van der Waals surface area contributed by atoms with Crippen LogP contribution >= 0.6 is 11.8 Å². The number of carbonyl (C=O) groups excluding carboxylic acids is 1. The summed E-state index contributed by atoms with van der Waals surface area (Å²) in [7, 11) is 0. The van der Waals surface area contributed by atoms with Gasteiger partial charge in [0.1, 0.15) is 6.17 Å². The molecule has 3 nitrogen and oxygen atoms in total. The van der Waals surface area contributed by atoms with E-state index >= 15 is 0 Å². The van der Waals surface area contributed by atoms with Gasteiger partial charge in [-0.3, -0.25) is 4.79 Å². The molecule has 1 aliphatic heterocycles. The van der Waals surface area contributed by atoms with Gasteiger partial charge in [0.05, 0.1) is 5.56 Å². The summed E-state index contributed by atoms with van der Waals surface area (Å²) in [5.74, 6) is -0.215. The number of benzene rings is 2. The summed E-state index contributed by atoms with van der Waals surface area (Å²) in [5, 5.41) is 5.93. The van der Waals surface area contributed by atoms with Gasteiger partial charge in [-0.15, -0.1) is 0 Å². The van der Waals surface area contributed by atoms with Crippen LogP contribution in [0.5, 0.6) is 0 Å². The molecule has 22 heavy (non-hydrogen) atoms. The third kappa shape index (κ3) is 3.19. The minimum atomic E-state index is -4.31. The monoisotopic (exact) mass is 324 g/mol. The highest BCUT2D eigenvalue weighted by atomic mass is 32.2. The van der Waals surface area contributed by atoms with Crippen molar-refractivity contribution in [1.82, 2.24) is 5.32 Å². The first-order valence-electron chi connectivity index (χ1n) is 6.44. The summed E-state index contributed by atoms with van der Waals surface area (Å²) in [5.41, 5.74) is -2.38. The number of carbonyl (C=O) groups is 1. The Morgan fingerprint density at radius 2 is 1.64 bits per heavy atom. The highest BCUT2D eigenvalue weighted by Gasteiger charge is 2.29. The van der Waals surface area contributed by atoms with Crippen LogP contribution in [0.4, 0.5) is 18.9 Å². The summed E-state index contributed by atoms with van der Waals surface area (Å²) in [6.07, 6.45) is -0.465. The lowest BCUT2D eigenvalue weighted by Gasteiger charge is -2.28. The van der Waals surface area contributed by atoms with Gasteiger partial charge in [-0.2, -0.15) is 13.2 Å². The molecule has 2 aromatic rings. The molecule has 1 aliphatic rings. The van der Waals surface area contributed by atoms with Crippen LogP contribution in [0.2, 0.25) is 0 Å². The molecule has 1 heterocycles. The van der Waals surface area contributed by atoms with E-state index < -0.39 is 11.7 Å². The van der Waals surface area contributed by atoms with Gasteiger partial charge in [-0.05, 0) is 41.6 Å². The number of para-hydroxylation sites is 1. The van der Waals surface area contributed by atoms with Crippen molar-refractivity contribution in [1.29, 1.82) is 0 Å². The number of nitrogens with one attached hydrogen (secondary N) is 2. The van der Waals surface area contributed by atoms with Crippen molar-refractivity contribution < 1.29 is 18.0 Å². The Morgan fingerprint density at radius 1 is 0.955 bits per heavy atom. The number of halogens is 3. The molecule has 0 aromatic heterocycles. The first-order valence-corrected chi connectivity index (χ1v) is 7.26. The van der Waals surface area contributed by atoms with E-state index in [0.717, 1.165) is 0 Å². The van der Waals surface area contributed by atoms with Gasteiger partial charge in [-0.25, -0.2) is 0 Å². The van der Waals surface area contributed by atoms with E-state index in [1.54, 1.807) is 30.3 Å². The fourth-order valence-corrected chi connectivity index (χ4v) is 2.78. The van der Waals surface area contributed by atoms with Crippen LogP contribution in [0.3, 0.4) is 0 Å². The highest BCUT2D eigenvalue weighted by Crippen LogP contribution is 2.37. The molecular weight excluding hydrogens is 313 g/mol. The molecule has 0 saturated heterocycles. The SMILES string of the molecule is O=C1N[C@@H](c2ccc(SC(F)(F)F)cc2)Nc2ccccc21. The van der Waals surface area contributed by atoms with E-state index in [9.17, 15) is 18.0 Å². The van der Waals surface area contributed by atoms with Crippen molar-refractivity contribution in [3.8, 4) is 0 Å². The molecule has 0 fully saturated rings. The van der Waals surface area contributed by atoms with Gasteiger partial charge in [0.2, 0.25) is 0 Å². The molecule has 2 aromatic carbocycles. The third-order valence-corrected chi connectivity index (χ3v) is 3.93. The first kappa shape index (κ1) is 14.8. The summed E-state index contributed by atoms with van der Waals surface area (Å²) < 4.78 is 36.9. The second kappa shape index (κ2) is 5.57. The molecule has 114 valence electrons.